The van der Waals surface area contributed by atoms with Crippen molar-refractivity contribution in [3.63, 3.8) is 0 Å². The highest BCUT2D eigenvalue weighted by molar-refractivity contribution is 5.76. The normalized spacial score (nSPS) is 16.1. The smallest absolute Gasteiger partial charge is 0.317 e. The first-order valence-electron chi connectivity index (χ1n) is 5.16. The van der Waals surface area contributed by atoms with Crippen molar-refractivity contribution in [1.29, 1.82) is 0 Å². The lowest BCUT2D eigenvalue weighted by atomic mass is 10.5. The summed E-state index contributed by atoms with van der Waals surface area (Å²) < 4.78 is 5.17. The molecule has 0 saturated carbocycles. The van der Waals surface area contributed by atoms with Crippen molar-refractivity contribution in [2.24, 2.45) is 0 Å². The van der Waals surface area contributed by atoms with Gasteiger partial charge >= 0.3 is 6.03 Å². The average Bonchev–Trinajstić information content (AvgIpc) is 2.58. The van der Waals surface area contributed by atoms with Gasteiger partial charge in [-0.25, -0.2) is 4.79 Å². The Morgan fingerprint density at radius 1 is 1.57 bits per heavy atom. The molecule has 1 fully saturated rings. The highest BCUT2D eigenvalue weighted by Crippen LogP contribution is 1.93. The van der Waals surface area contributed by atoms with Gasteiger partial charge in [0.05, 0.1) is 6.61 Å². The van der Waals surface area contributed by atoms with E-state index in [9.17, 15) is 4.79 Å². The standard InChI is InChI=1S/C9H19N3O2/c1-2-14-8-5-10-3-6-12-7-4-11-9(12)13/h10H,2-8H2,1H3,(H,11,13). The van der Waals surface area contributed by atoms with Crippen LogP contribution in [0.3, 0.4) is 0 Å². The number of urea groups is 1. The number of nitrogens with one attached hydrogen (secondary N) is 2. The van der Waals surface area contributed by atoms with Crippen molar-refractivity contribution in [1.82, 2.24) is 15.5 Å². The first-order valence-corrected chi connectivity index (χ1v) is 5.16. The maximum absolute atomic E-state index is 11.1. The molecule has 0 aromatic carbocycles. The molecule has 0 aromatic rings. The first kappa shape index (κ1) is 11.3. The Hall–Kier alpha value is -0.810. The van der Waals surface area contributed by atoms with Crippen LogP contribution in [0.15, 0.2) is 0 Å². The summed E-state index contributed by atoms with van der Waals surface area (Å²) in [6.45, 7) is 7.54. The van der Waals surface area contributed by atoms with E-state index in [0.717, 1.165) is 45.9 Å². The molecule has 0 radical (unpaired) electrons. The van der Waals surface area contributed by atoms with Crippen molar-refractivity contribution in [2.75, 3.05) is 45.9 Å². The fraction of sp³-hybridized carbons (Fsp3) is 0.889. The molecule has 14 heavy (non-hydrogen) atoms. The van der Waals surface area contributed by atoms with Crippen molar-refractivity contribution in [3.8, 4) is 0 Å². The second-order valence-electron chi connectivity index (χ2n) is 3.17. The number of nitrogens with zero attached hydrogens (tertiary/aromatic N) is 1. The van der Waals surface area contributed by atoms with E-state index in [2.05, 4.69) is 10.6 Å². The highest BCUT2D eigenvalue weighted by Gasteiger charge is 2.17. The highest BCUT2D eigenvalue weighted by atomic mass is 16.5. The minimum Gasteiger partial charge on any atom is -0.380 e. The van der Waals surface area contributed by atoms with Gasteiger partial charge in [0.1, 0.15) is 0 Å². The molecule has 0 aliphatic carbocycles. The number of carbonyl (C=O) groups is 1. The van der Waals surface area contributed by atoms with Crippen molar-refractivity contribution in [2.45, 2.75) is 6.92 Å². The minimum absolute atomic E-state index is 0.0524. The molecular weight excluding hydrogens is 182 g/mol. The fourth-order valence-electron chi connectivity index (χ4n) is 1.35. The predicted molar refractivity (Wildman–Crippen MR) is 54.3 cm³/mol. The molecule has 2 amide bonds. The number of hydrogen-bond donors (Lipinski definition) is 2. The molecule has 0 bridgehead atoms. The van der Waals surface area contributed by atoms with E-state index in [4.69, 9.17) is 4.74 Å². The molecule has 2 N–H and O–H groups in total. The van der Waals surface area contributed by atoms with Crippen LogP contribution >= 0.6 is 0 Å². The van der Waals surface area contributed by atoms with Crippen LogP contribution < -0.4 is 10.6 Å². The number of ether oxygens (including phenoxy) is 1. The summed E-state index contributed by atoms with van der Waals surface area (Å²) in [6, 6.07) is 0.0524. The Kier molecular flexibility index (Phi) is 5.32. The van der Waals surface area contributed by atoms with Gasteiger partial charge in [0, 0.05) is 39.3 Å². The van der Waals surface area contributed by atoms with Crippen LogP contribution in [-0.4, -0.2) is 56.9 Å². The van der Waals surface area contributed by atoms with E-state index in [1.165, 1.54) is 0 Å². The zero-order valence-electron chi connectivity index (χ0n) is 8.71. The van der Waals surface area contributed by atoms with Crippen molar-refractivity contribution in [3.05, 3.63) is 0 Å². The number of rotatable bonds is 7. The maximum Gasteiger partial charge on any atom is 0.317 e. The summed E-state index contributed by atoms with van der Waals surface area (Å²) in [5, 5.41) is 5.99. The van der Waals surface area contributed by atoms with Gasteiger partial charge in [0.2, 0.25) is 0 Å². The summed E-state index contributed by atoms with van der Waals surface area (Å²) in [4.78, 5) is 12.9. The molecule has 1 heterocycles. The quantitative estimate of drug-likeness (QED) is 0.553. The van der Waals surface area contributed by atoms with E-state index in [-0.39, 0.29) is 6.03 Å². The third kappa shape index (κ3) is 3.93. The Bertz CT molecular complexity index is 175. The summed E-state index contributed by atoms with van der Waals surface area (Å²) in [6.07, 6.45) is 0. The summed E-state index contributed by atoms with van der Waals surface area (Å²) in [5.74, 6) is 0. The van der Waals surface area contributed by atoms with E-state index >= 15 is 0 Å². The topological polar surface area (TPSA) is 53.6 Å². The summed E-state index contributed by atoms with van der Waals surface area (Å²) >= 11 is 0. The lowest BCUT2D eigenvalue weighted by molar-refractivity contribution is 0.148. The molecule has 5 heteroatoms. The number of amides is 2. The van der Waals surface area contributed by atoms with Crippen LogP contribution in [-0.2, 0) is 4.74 Å². The van der Waals surface area contributed by atoms with Crippen LogP contribution in [0.1, 0.15) is 6.92 Å². The zero-order valence-corrected chi connectivity index (χ0v) is 8.71. The van der Waals surface area contributed by atoms with Gasteiger partial charge in [0.25, 0.3) is 0 Å². The monoisotopic (exact) mass is 201 g/mol. The molecule has 0 spiro atoms. The Labute approximate surface area is 84.8 Å². The third-order valence-electron chi connectivity index (χ3n) is 2.13. The fourth-order valence-corrected chi connectivity index (χ4v) is 1.35. The average molecular weight is 201 g/mol. The maximum atomic E-state index is 11.1. The van der Waals surface area contributed by atoms with Gasteiger partial charge in [-0.3, -0.25) is 0 Å². The lowest BCUT2D eigenvalue weighted by Crippen LogP contribution is -2.35. The minimum atomic E-state index is 0.0524. The first-order chi connectivity index (χ1) is 6.84. The molecular formula is C9H19N3O2. The SMILES string of the molecule is CCOCCNCCN1CCNC1=O. The summed E-state index contributed by atoms with van der Waals surface area (Å²) in [5.41, 5.74) is 0. The largest absolute Gasteiger partial charge is 0.380 e. The van der Waals surface area contributed by atoms with Crippen LogP contribution in [0.2, 0.25) is 0 Å². The van der Waals surface area contributed by atoms with Gasteiger partial charge in [-0.05, 0) is 6.92 Å². The van der Waals surface area contributed by atoms with Gasteiger partial charge in [-0.1, -0.05) is 0 Å². The van der Waals surface area contributed by atoms with Crippen LogP contribution in [0.4, 0.5) is 4.79 Å². The van der Waals surface area contributed by atoms with Crippen LogP contribution in [0.5, 0.6) is 0 Å². The number of carbonyl (C=O) groups excluding carboxylic acids is 1. The Morgan fingerprint density at radius 2 is 2.43 bits per heavy atom. The molecule has 0 unspecified atom stereocenters. The molecule has 1 aliphatic heterocycles. The third-order valence-corrected chi connectivity index (χ3v) is 2.13. The van der Waals surface area contributed by atoms with E-state index in [1.807, 2.05) is 11.8 Å². The van der Waals surface area contributed by atoms with E-state index in [0.29, 0.717) is 0 Å². The van der Waals surface area contributed by atoms with Crippen LogP contribution in [0, 0.1) is 0 Å². The number of hydrogen-bond acceptors (Lipinski definition) is 3. The zero-order chi connectivity index (χ0) is 10.2. The van der Waals surface area contributed by atoms with Gasteiger partial charge in [0.15, 0.2) is 0 Å². The van der Waals surface area contributed by atoms with Crippen molar-refractivity contribution < 1.29 is 9.53 Å². The van der Waals surface area contributed by atoms with Crippen LogP contribution in [0.25, 0.3) is 0 Å². The summed E-state index contributed by atoms with van der Waals surface area (Å²) in [7, 11) is 0. The van der Waals surface area contributed by atoms with Gasteiger partial charge in [-0.2, -0.15) is 0 Å². The molecule has 1 rings (SSSR count). The molecule has 0 atom stereocenters. The molecule has 0 aromatic heterocycles. The van der Waals surface area contributed by atoms with Crippen molar-refractivity contribution >= 4 is 6.03 Å². The Morgan fingerprint density at radius 3 is 3.07 bits per heavy atom. The Balaban J connectivity index is 1.90. The molecule has 5 nitrogen and oxygen atoms in total. The molecule has 82 valence electrons. The lowest BCUT2D eigenvalue weighted by Gasteiger charge is -2.14. The van der Waals surface area contributed by atoms with E-state index in [1.54, 1.807) is 0 Å². The second-order valence-corrected chi connectivity index (χ2v) is 3.17. The van der Waals surface area contributed by atoms with Gasteiger partial charge in [-0.15, -0.1) is 0 Å². The second kappa shape index (κ2) is 6.62. The van der Waals surface area contributed by atoms with Gasteiger partial charge < -0.3 is 20.3 Å². The molecule has 1 aliphatic rings. The van der Waals surface area contributed by atoms with E-state index < -0.39 is 0 Å². The predicted octanol–water partition coefficient (Wildman–Crippen LogP) is -0.362. The molecule has 1 saturated heterocycles.